The maximum absolute atomic E-state index is 10.4. The molecule has 0 aliphatic rings. The van der Waals surface area contributed by atoms with Crippen LogP contribution in [0.15, 0.2) is 42.5 Å². The fraction of sp³-hybridized carbons (Fsp3) is 0.381. The Balaban J connectivity index is 1.71. The van der Waals surface area contributed by atoms with E-state index in [0.717, 1.165) is 29.7 Å². The molecule has 0 saturated heterocycles. The van der Waals surface area contributed by atoms with E-state index in [1.807, 2.05) is 30.3 Å². The number of ether oxygens (including phenoxy) is 1. The molecule has 4 heteroatoms. The fourth-order valence-electron chi connectivity index (χ4n) is 2.99. The number of benzene rings is 2. The first kappa shape index (κ1) is 17.5. The zero-order valence-corrected chi connectivity index (χ0v) is 15.4. The van der Waals surface area contributed by atoms with Gasteiger partial charge in [-0.3, -0.25) is 0 Å². The van der Waals surface area contributed by atoms with E-state index in [9.17, 15) is 5.11 Å². The first-order valence-corrected chi connectivity index (χ1v) is 8.74. The van der Waals surface area contributed by atoms with Crippen molar-refractivity contribution in [1.82, 2.24) is 9.55 Å². The molecule has 0 bridgehead atoms. The number of nitrogens with zero attached hydrogens (tertiary/aromatic N) is 2. The number of aryl methyl sites for hydroxylation is 3. The van der Waals surface area contributed by atoms with Gasteiger partial charge in [0.05, 0.1) is 17.6 Å². The van der Waals surface area contributed by atoms with Crippen molar-refractivity contribution < 1.29 is 9.84 Å². The summed E-state index contributed by atoms with van der Waals surface area (Å²) in [6, 6.07) is 14.2. The Morgan fingerprint density at radius 3 is 2.56 bits per heavy atom. The van der Waals surface area contributed by atoms with Crippen molar-refractivity contribution >= 4 is 11.0 Å². The number of hydrogen-bond acceptors (Lipinski definition) is 3. The molecule has 1 aromatic heterocycles. The molecule has 0 atom stereocenters. The van der Waals surface area contributed by atoms with Crippen LogP contribution in [0, 0.1) is 13.8 Å². The van der Waals surface area contributed by atoms with Gasteiger partial charge in [-0.25, -0.2) is 4.98 Å². The van der Waals surface area contributed by atoms with Crippen LogP contribution in [-0.4, -0.2) is 21.3 Å². The average molecular weight is 338 g/mol. The monoisotopic (exact) mass is 338 g/mol. The Hall–Kier alpha value is -2.33. The van der Waals surface area contributed by atoms with Crippen LogP contribution in [0.5, 0.6) is 5.75 Å². The molecule has 0 saturated carbocycles. The van der Waals surface area contributed by atoms with Crippen molar-refractivity contribution in [1.29, 1.82) is 0 Å². The van der Waals surface area contributed by atoms with Gasteiger partial charge in [-0.2, -0.15) is 0 Å². The average Bonchev–Trinajstić information content (AvgIpc) is 2.94. The van der Waals surface area contributed by atoms with Crippen LogP contribution in [0.3, 0.4) is 0 Å². The largest absolute Gasteiger partial charge is 0.494 e. The van der Waals surface area contributed by atoms with Crippen LogP contribution in [0.4, 0.5) is 0 Å². The maximum atomic E-state index is 10.4. The lowest BCUT2D eigenvalue weighted by Crippen LogP contribution is -2.22. The van der Waals surface area contributed by atoms with Gasteiger partial charge in [0, 0.05) is 6.54 Å². The number of aromatic nitrogens is 2. The Morgan fingerprint density at radius 1 is 1.08 bits per heavy atom. The van der Waals surface area contributed by atoms with E-state index in [0.29, 0.717) is 12.4 Å². The maximum Gasteiger partial charge on any atom is 0.141 e. The van der Waals surface area contributed by atoms with Crippen LogP contribution < -0.4 is 4.74 Å². The van der Waals surface area contributed by atoms with Gasteiger partial charge in [-0.1, -0.05) is 18.2 Å². The highest BCUT2D eigenvalue weighted by molar-refractivity contribution is 5.76. The molecule has 0 radical (unpaired) electrons. The molecule has 0 unspecified atom stereocenters. The highest BCUT2D eigenvalue weighted by Crippen LogP contribution is 2.25. The third-order valence-corrected chi connectivity index (χ3v) is 4.47. The van der Waals surface area contributed by atoms with Gasteiger partial charge in [-0.05, 0) is 69.5 Å². The lowest BCUT2D eigenvalue weighted by Gasteiger charge is -2.19. The molecule has 4 nitrogen and oxygen atoms in total. The number of imidazole rings is 1. The first-order chi connectivity index (χ1) is 11.9. The molecule has 1 N–H and O–H groups in total. The van der Waals surface area contributed by atoms with Gasteiger partial charge in [-0.15, -0.1) is 0 Å². The molecule has 0 aliphatic heterocycles. The summed E-state index contributed by atoms with van der Waals surface area (Å²) in [7, 11) is 0. The van der Waals surface area contributed by atoms with E-state index >= 15 is 0 Å². The normalized spacial score (nSPS) is 11.9. The molecule has 132 valence electrons. The number of rotatable bonds is 6. The second-order valence-corrected chi connectivity index (χ2v) is 7.08. The number of aliphatic hydroxyl groups is 1. The predicted octanol–water partition coefficient (Wildman–Crippen LogP) is 4.35. The van der Waals surface area contributed by atoms with E-state index in [1.165, 1.54) is 11.1 Å². The van der Waals surface area contributed by atoms with Crippen molar-refractivity contribution in [2.45, 2.75) is 46.3 Å². The highest BCUT2D eigenvalue weighted by atomic mass is 16.5. The summed E-state index contributed by atoms with van der Waals surface area (Å²) >= 11 is 0. The van der Waals surface area contributed by atoms with Crippen LogP contribution >= 0.6 is 0 Å². The lowest BCUT2D eigenvalue weighted by atomic mass is 10.1. The minimum Gasteiger partial charge on any atom is -0.494 e. The lowest BCUT2D eigenvalue weighted by molar-refractivity contribution is 0.0649. The third kappa shape index (κ3) is 3.85. The van der Waals surface area contributed by atoms with Gasteiger partial charge in [0.25, 0.3) is 0 Å². The molecule has 3 rings (SSSR count). The van der Waals surface area contributed by atoms with Gasteiger partial charge in [0.1, 0.15) is 17.2 Å². The van der Waals surface area contributed by atoms with Crippen molar-refractivity contribution in [3.8, 4) is 5.75 Å². The van der Waals surface area contributed by atoms with E-state index in [1.54, 1.807) is 13.8 Å². The predicted molar refractivity (Wildman–Crippen MR) is 101 cm³/mol. The van der Waals surface area contributed by atoms with E-state index in [-0.39, 0.29) is 0 Å². The zero-order chi connectivity index (χ0) is 18.0. The van der Waals surface area contributed by atoms with Crippen LogP contribution in [0.2, 0.25) is 0 Å². The Labute approximate surface area is 149 Å². The summed E-state index contributed by atoms with van der Waals surface area (Å²) in [5.41, 5.74) is 3.49. The second-order valence-electron chi connectivity index (χ2n) is 7.08. The summed E-state index contributed by atoms with van der Waals surface area (Å²) in [5, 5.41) is 10.4. The smallest absolute Gasteiger partial charge is 0.141 e. The van der Waals surface area contributed by atoms with E-state index in [4.69, 9.17) is 4.74 Å². The molecule has 1 heterocycles. The molecule has 0 amide bonds. The summed E-state index contributed by atoms with van der Waals surface area (Å²) in [4.78, 5) is 4.61. The Kier molecular flexibility index (Phi) is 4.82. The summed E-state index contributed by atoms with van der Waals surface area (Å²) in [5.74, 6) is 1.60. The van der Waals surface area contributed by atoms with E-state index < -0.39 is 5.60 Å². The molecule has 0 fully saturated rings. The summed E-state index contributed by atoms with van der Waals surface area (Å²) in [6.07, 6.45) is 0.844. The van der Waals surface area contributed by atoms with Crippen molar-refractivity contribution in [2.24, 2.45) is 0 Å². The number of fused-ring (bicyclic) bond motifs is 1. The van der Waals surface area contributed by atoms with Crippen molar-refractivity contribution in [3.63, 3.8) is 0 Å². The summed E-state index contributed by atoms with van der Waals surface area (Å²) < 4.78 is 7.98. The van der Waals surface area contributed by atoms with Crippen molar-refractivity contribution in [2.75, 3.05) is 6.61 Å². The molecule has 3 aromatic rings. The second kappa shape index (κ2) is 6.89. The quantitative estimate of drug-likeness (QED) is 0.680. The van der Waals surface area contributed by atoms with Crippen LogP contribution in [0.25, 0.3) is 11.0 Å². The topological polar surface area (TPSA) is 47.3 Å². The molecule has 25 heavy (non-hydrogen) atoms. The number of para-hydroxylation sites is 2. The van der Waals surface area contributed by atoms with Gasteiger partial charge < -0.3 is 14.4 Å². The Bertz CT molecular complexity index is 875. The Morgan fingerprint density at radius 2 is 1.84 bits per heavy atom. The van der Waals surface area contributed by atoms with Crippen molar-refractivity contribution in [3.05, 3.63) is 59.4 Å². The fourth-order valence-corrected chi connectivity index (χ4v) is 2.99. The summed E-state index contributed by atoms with van der Waals surface area (Å²) in [6.45, 7) is 9.12. The molecule has 0 aliphatic carbocycles. The van der Waals surface area contributed by atoms with Gasteiger partial charge >= 0.3 is 0 Å². The molecule has 2 aromatic carbocycles. The van der Waals surface area contributed by atoms with Gasteiger partial charge in [0.2, 0.25) is 0 Å². The van der Waals surface area contributed by atoms with Gasteiger partial charge in [0.15, 0.2) is 0 Å². The number of hydrogen-bond donors (Lipinski definition) is 1. The minimum absolute atomic E-state index is 0.625. The molecular formula is C21H26N2O2. The molecular weight excluding hydrogens is 312 g/mol. The zero-order valence-electron chi connectivity index (χ0n) is 15.4. The van der Waals surface area contributed by atoms with Crippen LogP contribution in [-0.2, 0) is 12.1 Å². The molecule has 0 spiro atoms. The standard InChI is InChI=1S/C21H26N2O2/c1-15-10-11-17(14-16(15)2)25-13-7-12-23-19-9-6-5-8-18(19)22-20(23)21(3,4)24/h5-6,8-11,14,24H,7,12-13H2,1-4H3. The van der Waals surface area contributed by atoms with Crippen LogP contribution in [0.1, 0.15) is 37.2 Å². The SMILES string of the molecule is Cc1ccc(OCCCn2c(C(C)(C)O)nc3ccccc32)cc1C. The highest BCUT2D eigenvalue weighted by Gasteiger charge is 2.24. The third-order valence-electron chi connectivity index (χ3n) is 4.47. The van der Waals surface area contributed by atoms with E-state index in [2.05, 4.69) is 35.5 Å². The minimum atomic E-state index is -0.978. The first-order valence-electron chi connectivity index (χ1n) is 8.74.